The van der Waals surface area contributed by atoms with E-state index in [2.05, 4.69) is 10.1 Å². The first-order chi connectivity index (χ1) is 12.9. The van der Waals surface area contributed by atoms with Crippen molar-refractivity contribution in [3.05, 3.63) is 33.1 Å². The highest BCUT2D eigenvalue weighted by molar-refractivity contribution is 7.12. The van der Waals surface area contributed by atoms with Crippen molar-refractivity contribution in [2.24, 2.45) is 0 Å². The molecule has 0 spiro atoms. The van der Waals surface area contributed by atoms with Gasteiger partial charge in [0.1, 0.15) is 6.04 Å². The molecule has 0 bridgehead atoms. The fourth-order valence-corrected chi connectivity index (χ4v) is 4.64. The molecule has 27 heavy (non-hydrogen) atoms. The van der Waals surface area contributed by atoms with Gasteiger partial charge in [-0.2, -0.15) is 0 Å². The predicted molar refractivity (Wildman–Crippen MR) is 101 cm³/mol. The molecule has 8 heteroatoms. The molecule has 0 aromatic carbocycles. The van der Waals surface area contributed by atoms with Crippen LogP contribution in [0.4, 0.5) is 0 Å². The van der Waals surface area contributed by atoms with Crippen LogP contribution in [0.1, 0.15) is 38.6 Å². The van der Waals surface area contributed by atoms with Crippen molar-refractivity contribution in [1.29, 1.82) is 0 Å². The third kappa shape index (κ3) is 2.90. The number of rotatable bonds is 3. The molecule has 1 N–H and O–H groups in total. The van der Waals surface area contributed by atoms with Crippen molar-refractivity contribution in [3.63, 3.8) is 0 Å². The Morgan fingerprint density at radius 3 is 2.74 bits per heavy atom. The molecule has 1 aliphatic heterocycles. The van der Waals surface area contributed by atoms with Crippen molar-refractivity contribution in [2.75, 3.05) is 6.54 Å². The fraction of sp³-hybridized carbons (Fsp3) is 0.368. The van der Waals surface area contributed by atoms with Crippen molar-refractivity contribution < 1.29 is 19.2 Å². The third-order valence-corrected chi connectivity index (χ3v) is 5.93. The van der Waals surface area contributed by atoms with E-state index in [1.54, 1.807) is 24.3 Å². The van der Waals surface area contributed by atoms with Crippen molar-refractivity contribution in [2.45, 2.75) is 39.7 Å². The van der Waals surface area contributed by atoms with Gasteiger partial charge < -0.3 is 14.5 Å². The summed E-state index contributed by atoms with van der Waals surface area (Å²) >= 11 is 1.66. The highest BCUT2D eigenvalue weighted by Gasteiger charge is 2.36. The number of nitrogens with zero attached hydrogens (tertiary/aromatic N) is 3. The van der Waals surface area contributed by atoms with Gasteiger partial charge in [-0.15, -0.1) is 11.3 Å². The smallest absolute Gasteiger partial charge is 0.326 e. The van der Waals surface area contributed by atoms with E-state index in [9.17, 15) is 14.7 Å². The van der Waals surface area contributed by atoms with E-state index in [4.69, 9.17) is 4.52 Å². The summed E-state index contributed by atoms with van der Waals surface area (Å²) in [5.41, 5.74) is 2.83. The number of thiophene rings is 1. The summed E-state index contributed by atoms with van der Waals surface area (Å²) in [6.07, 6.45) is 1.14. The number of aryl methyl sites for hydroxylation is 3. The van der Waals surface area contributed by atoms with Gasteiger partial charge in [-0.05, 0) is 45.7 Å². The summed E-state index contributed by atoms with van der Waals surface area (Å²) in [6, 6.07) is 2.97. The van der Waals surface area contributed by atoms with Gasteiger partial charge in [0.2, 0.25) is 0 Å². The van der Waals surface area contributed by atoms with Crippen LogP contribution in [0.5, 0.6) is 0 Å². The van der Waals surface area contributed by atoms with E-state index in [1.165, 1.54) is 4.90 Å². The molecule has 7 nitrogen and oxygen atoms in total. The molecule has 4 rings (SSSR count). The van der Waals surface area contributed by atoms with Crippen LogP contribution >= 0.6 is 11.3 Å². The second-order valence-corrected chi connectivity index (χ2v) is 8.29. The SMILES string of the molecule is Cc1cc(-c2cc(C(=O)N3CCCC3C(=O)O)c3c(C)noc3n2)c(C)s1. The van der Waals surface area contributed by atoms with E-state index in [0.717, 1.165) is 15.3 Å². The summed E-state index contributed by atoms with van der Waals surface area (Å²) in [5.74, 6) is -1.29. The number of likely N-dealkylation sites (tertiary alicyclic amines) is 1. The molecule has 1 unspecified atom stereocenters. The quantitative estimate of drug-likeness (QED) is 0.740. The second-order valence-electron chi connectivity index (χ2n) is 6.82. The van der Waals surface area contributed by atoms with Gasteiger partial charge in [0.25, 0.3) is 11.6 Å². The van der Waals surface area contributed by atoms with E-state index in [0.29, 0.717) is 47.4 Å². The standard InChI is InChI=1S/C19H19N3O4S/c1-9-7-12(11(3)27-9)14-8-13(16-10(2)21-26-17(16)20-14)18(23)22-6-4-5-15(22)19(24)25/h7-8,15H,4-6H2,1-3H3,(H,24,25). The highest BCUT2D eigenvalue weighted by atomic mass is 32.1. The number of carbonyl (C=O) groups excluding carboxylic acids is 1. The molecule has 140 valence electrons. The number of carboxylic acid groups (broad SMARTS) is 1. The minimum absolute atomic E-state index is 0.294. The van der Waals surface area contributed by atoms with E-state index in [1.807, 2.05) is 19.9 Å². The number of hydrogen-bond acceptors (Lipinski definition) is 6. The molecule has 1 fully saturated rings. The van der Waals surface area contributed by atoms with Crippen LogP contribution in [0, 0.1) is 20.8 Å². The monoisotopic (exact) mass is 385 g/mol. The molecular formula is C19H19N3O4S. The minimum atomic E-state index is -0.974. The number of hydrogen-bond donors (Lipinski definition) is 1. The number of amides is 1. The second kappa shape index (κ2) is 6.45. The van der Waals surface area contributed by atoms with E-state index in [-0.39, 0.29) is 5.91 Å². The maximum atomic E-state index is 13.3. The first kappa shape index (κ1) is 17.7. The average Bonchev–Trinajstić information content (AvgIpc) is 3.32. The number of aromatic nitrogens is 2. The lowest BCUT2D eigenvalue weighted by Crippen LogP contribution is -2.40. The molecule has 1 atom stereocenters. The Labute approximate surface area is 159 Å². The zero-order valence-corrected chi connectivity index (χ0v) is 16.1. The van der Waals surface area contributed by atoms with Gasteiger partial charge in [-0.25, -0.2) is 9.78 Å². The Hall–Kier alpha value is -2.74. The number of carboxylic acids is 1. The predicted octanol–water partition coefficient (Wildman–Crippen LogP) is 3.57. The van der Waals surface area contributed by atoms with Gasteiger partial charge in [-0.3, -0.25) is 4.79 Å². The Morgan fingerprint density at radius 1 is 1.30 bits per heavy atom. The summed E-state index contributed by atoms with van der Waals surface area (Å²) in [7, 11) is 0. The van der Waals surface area contributed by atoms with Gasteiger partial charge in [-0.1, -0.05) is 5.16 Å². The molecule has 1 aliphatic rings. The Morgan fingerprint density at radius 2 is 2.07 bits per heavy atom. The maximum Gasteiger partial charge on any atom is 0.326 e. The lowest BCUT2D eigenvalue weighted by atomic mass is 10.0. The first-order valence-electron chi connectivity index (χ1n) is 8.75. The summed E-state index contributed by atoms with van der Waals surface area (Å²) in [4.78, 5) is 33.0. The van der Waals surface area contributed by atoms with Crippen LogP contribution in [0.2, 0.25) is 0 Å². The van der Waals surface area contributed by atoms with Gasteiger partial charge in [0.05, 0.1) is 22.3 Å². The highest BCUT2D eigenvalue weighted by Crippen LogP contribution is 2.34. The number of aliphatic carboxylic acids is 1. The first-order valence-corrected chi connectivity index (χ1v) is 9.56. The topological polar surface area (TPSA) is 96.5 Å². The molecule has 3 aromatic heterocycles. The number of pyridine rings is 1. The molecule has 1 amide bonds. The molecule has 3 aromatic rings. The van der Waals surface area contributed by atoms with Crippen LogP contribution in [0.3, 0.4) is 0 Å². The normalized spacial score (nSPS) is 17.0. The lowest BCUT2D eigenvalue weighted by Gasteiger charge is -2.22. The zero-order chi connectivity index (χ0) is 19.3. The van der Waals surface area contributed by atoms with Crippen LogP contribution in [0.25, 0.3) is 22.4 Å². The average molecular weight is 385 g/mol. The van der Waals surface area contributed by atoms with Crippen molar-refractivity contribution in [1.82, 2.24) is 15.0 Å². The Balaban J connectivity index is 1.88. The van der Waals surface area contributed by atoms with Crippen LogP contribution in [-0.4, -0.2) is 44.6 Å². The van der Waals surface area contributed by atoms with Gasteiger partial charge in [0, 0.05) is 21.9 Å². The molecule has 4 heterocycles. The molecule has 0 saturated carbocycles. The van der Waals surface area contributed by atoms with Crippen LogP contribution in [-0.2, 0) is 4.79 Å². The largest absolute Gasteiger partial charge is 0.480 e. The van der Waals surface area contributed by atoms with E-state index >= 15 is 0 Å². The van der Waals surface area contributed by atoms with E-state index < -0.39 is 12.0 Å². The third-order valence-electron chi connectivity index (χ3n) is 4.96. The van der Waals surface area contributed by atoms with Crippen LogP contribution in [0.15, 0.2) is 16.7 Å². The molecule has 1 saturated heterocycles. The summed E-state index contributed by atoms with van der Waals surface area (Å²) < 4.78 is 5.34. The lowest BCUT2D eigenvalue weighted by molar-refractivity contribution is -0.141. The van der Waals surface area contributed by atoms with Gasteiger partial charge >= 0.3 is 5.97 Å². The summed E-state index contributed by atoms with van der Waals surface area (Å²) in [6.45, 7) is 6.21. The summed E-state index contributed by atoms with van der Waals surface area (Å²) in [5, 5.41) is 13.9. The molecule has 0 radical (unpaired) electrons. The minimum Gasteiger partial charge on any atom is -0.480 e. The Kier molecular flexibility index (Phi) is 4.22. The molecular weight excluding hydrogens is 366 g/mol. The number of carbonyl (C=O) groups is 2. The maximum absolute atomic E-state index is 13.3. The zero-order valence-electron chi connectivity index (χ0n) is 15.3. The van der Waals surface area contributed by atoms with Gasteiger partial charge in [0.15, 0.2) is 0 Å². The van der Waals surface area contributed by atoms with Crippen molar-refractivity contribution >= 4 is 34.3 Å². The Bertz CT molecular complexity index is 1070. The fourth-order valence-electron chi connectivity index (χ4n) is 3.71. The van der Waals surface area contributed by atoms with Crippen molar-refractivity contribution in [3.8, 4) is 11.3 Å². The molecule has 0 aliphatic carbocycles. The number of fused-ring (bicyclic) bond motifs is 1. The van der Waals surface area contributed by atoms with Crippen LogP contribution < -0.4 is 0 Å².